The average Bonchev–Trinajstić information content (AvgIpc) is 2.38. The van der Waals surface area contributed by atoms with Crippen molar-refractivity contribution < 1.29 is 0 Å². The quantitative estimate of drug-likeness (QED) is 0.825. The van der Waals surface area contributed by atoms with Gasteiger partial charge in [0.1, 0.15) is 0 Å². The number of anilines is 1. The molecular formula is C14H15ClN2. The van der Waals surface area contributed by atoms with Gasteiger partial charge < -0.3 is 5.32 Å². The molecule has 0 saturated heterocycles. The number of hydrogen-bond donors (Lipinski definition) is 1. The molecule has 1 unspecified atom stereocenters. The Morgan fingerprint density at radius 2 is 2.06 bits per heavy atom. The van der Waals surface area contributed by atoms with E-state index in [1.54, 1.807) is 6.20 Å². The molecule has 1 aromatic carbocycles. The van der Waals surface area contributed by atoms with Crippen molar-refractivity contribution in [1.82, 2.24) is 4.98 Å². The van der Waals surface area contributed by atoms with E-state index in [0.717, 1.165) is 23.4 Å². The predicted molar refractivity (Wildman–Crippen MR) is 72.3 cm³/mol. The molecule has 0 saturated carbocycles. The summed E-state index contributed by atoms with van der Waals surface area (Å²) in [7, 11) is 0. The predicted octanol–water partition coefficient (Wildman–Crippen LogP) is 3.99. The van der Waals surface area contributed by atoms with Gasteiger partial charge in [-0.25, -0.2) is 0 Å². The lowest BCUT2D eigenvalue weighted by Gasteiger charge is -2.13. The first-order chi connectivity index (χ1) is 8.27. The van der Waals surface area contributed by atoms with Crippen LogP contribution in [0.15, 0.2) is 48.8 Å². The van der Waals surface area contributed by atoms with Crippen LogP contribution in [0.25, 0.3) is 0 Å². The molecule has 88 valence electrons. The maximum absolute atomic E-state index is 6.14. The molecule has 0 spiro atoms. The Balaban J connectivity index is 2.09. The number of aromatic nitrogens is 1. The first-order valence-corrected chi connectivity index (χ1v) is 6.07. The fraction of sp³-hybridized carbons (Fsp3) is 0.214. The molecular weight excluding hydrogens is 232 g/mol. The fourth-order valence-electron chi connectivity index (χ4n) is 1.70. The van der Waals surface area contributed by atoms with Crippen LogP contribution in [0.5, 0.6) is 0 Å². The Morgan fingerprint density at radius 3 is 2.76 bits per heavy atom. The zero-order valence-corrected chi connectivity index (χ0v) is 10.5. The van der Waals surface area contributed by atoms with Crippen LogP contribution in [0.3, 0.4) is 0 Å². The van der Waals surface area contributed by atoms with Crippen molar-refractivity contribution >= 4 is 17.3 Å². The van der Waals surface area contributed by atoms with E-state index in [2.05, 4.69) is 10.3 Å². The molecule has 0 aliphatic carbocycles. The Labute approximate surface area is 107 Å². The van der Waals surface area contributed by atoms with Crippen molar-refractivity contribution in [1.29, 1.82) is 0 Å². The highest BCUT2D eigenvalue weighted by Gasteiger charge is 2.06. The van der Waals surface area contributed by atoms with E-state index in [1.165, 1.54) is 0 Å². The number of halogens is 1. The van der Waals surface area contributed by atoms with Crippen molar-refractivity contribution in [2.75, 3.05) is 5.32 Å². The Kier molecular flexibility index (Phi) is 3.99. The van der Waals surface area contributed by atoms with Gasteiger partial charge in [0.2, 0.25) is 0 Å². The van der Waals surface area contributed by atoms with Gasteiger partial charge in [0, 0.05) is 24.6 Å². The molecule has 2 nitrogen and oxygen atoms in total. The molecule has 1 atom stereocenters. The van der Waals surface area contributed by atoms with E-state index in [1.807, 2.05) is 49.5 Å². The van der Waals surface area contributed by atoms with Crippen LogP contribution >= 0.6 is 11.6 Å². The average molecular weight is 247 g/mol. The second-order valence-electron chi connectivity index (χ2n) is 3.92. The van der Waals surface area contributed by atoms with E-state index in [0.29, 0.717) is 0 Å². The largest absolute Gasteiger partial charge is 0.381 e. The smallest absolute Gasteiger partial charge is 0.0577 e. The monoisotopic (exact) mass is 246 g/mol. The fourth-order valence-corrected chi connectivity index (χ4v) is 1.90. The van der Waals surface area contributed by atoms with Crippen molar-refractivity contribution in [2.24, 2.45) is 0 Å². The molecule has 0 amide bonds. The van der Waals surface area contributed by atoms with Crippen LogP contribution < -0.4 is 5.32 Å². The van der Waals surface area contributed by atoms with Gasteiger partial charge in [-0.15, -0.1) is 11.6 Å². The summed E-state index contributed by atoms with van der Waals surface area (Å²) in [5.41, 5.74) is 3.36. The number of nitrogens with zero attached hydrogens (tertiary/aromatic N) is 1. The van der Waals surface area contributed by atoms with Gasteiger partial charge in [0.15, 0.2) is 0 Å². The molecule has 1 heterocycles. The minimum Gasteiger partial charge on any atom is -0.381 e. The third kappa shape index (κ3) is 3.21. The summed E-state index contributed by atoms with van der Waals surface area (Å²) in [6.07, 6.45) is 3.64. The SMILES string of the molecule is CC(Cl)c1ccccc1NCc1cccnc1. The van der Waals surface area contributed by atoms with Crippen LogP contribution in [-0.2, 0) is 6.54 Å². The van der Waals surface area contributed by atoms with E-state index >= 15 is 0 Å². The highest BCUT2D eigenvalue weighted by Crippen LogP contribution is 2.27. The minimum absolute atomic E-state index is 0.00704. The van der Waals surface area contributed by atoms with E-state index in [4.69, 9.17) is 11.6 Å². The molecule has 2 rings (SSSR count). The molecule has 1 N–H and O–H groups in total. The van der Waals surface area contributed by atoms with E-state index in [-0.39, 0.29) is 5.38 Å². The molecule has 0 aliphatic rings. The van der Waals surface area contributed by atoms with Crippen molar-refractivity contribution in [3.8, 4) is 0 Å². The number of hydrogen-bond acceptors (Lipinski definition) is 2. The number of nitrogens with one attached hydrogen (secondary N) is 1. The van der Waals surface area contributed by atoms with E-state index in [9.17, 15) is 0 Å². The van der Waals surface area contributed by atoms with Crippen molar-refractivity contribution in [3.05, 3.63) is 59.9 Å². The third-order valence-corrected chi connectivity index (χ3v) is 2.83. The number of benzene rings is 1. The summed E-state index contributed by atoms with van der Waals surface area (Å²) in [5.74, 6) is 0. The zero-order valence-electron chi connectivity index (χ0n) is 9.73. The first-order valence-electron chi connectivity index (χ1n) is 5.63. The van der Waals surface area contributed by atoms with Gasteiger partial charge in [0.05, 0.1) is 5.38 Å². The van der Waals surface area contributed by atoms with Gasteiger partial charge in [-0.05, 0) is 30.2 Å². The Hall–Kier alpha value is -1.54. The lowest BCUT2D eigenvalue weighted by Crippen LogP contribution is -2.02. The molecule has 0 aliphatic heterocycles. The van der Waals surface area contributed by atoms with Crippen LogP contribution in [0.4, 0.5) is 5.69 Å². The maximum atomic E-state index is 6.14. The third-order valence-electron chi connectivity index (χ3n) is 2.60. The molecule has 1 aromatic heterocycles. The van der Waals surface area contributed by atoms with Gasteiger partial charge in [-0.3, -0.25) is 4.98 Å². The minimum atomic E-state index is 0.00704. The molecule has 0 radical (unpaired) electrons. The summed E-state index contributed by atoms with van der Waals surface area (Å²) >= 11 is 6.14. The second-order valence-corrected chi connectivity index (χ2v) is 4.57. The first kappa shape index (κ1) is 11.9. The lowest BCUT2D eigenvalue weighted by molar-refractivity contribution is 1.05. The molecule has 3 heteroatoms. The highest BCUT2D eigenvalue weighted by atomic mass is 35.5. The van der Waals surface area contributed by atoms with Crippen LogP contribution in [0.1, 0.15) is 23.4 Å². The van der Waals surface area contributed by atoms with Crippen molar-refractivity contribution in [2.45, 2.75) is 18.8 Å². The highest BCUT2D eigenvalue weighted by molar-refractivity contribution is 6.21. The molecule has 0 fully saturated rings. The standard InChI is InChI=1S/C14H15ClN2/c1-11(15)13-6-2-3-7-14(13)17-10-12-5-4-8-16-9-12/h2-9,11,17H,10H2,1H3. The summed E-state index contributed by atoms with van der Waals surface area (Å²) in [6, 6.07) is 12.1. The number of alkyl halides is 1. The summed E-state index contributed by atoms with van der Waals surface area (Å²) < 4.78 is 0. The molecule has 17 heavy (non-hydrogen) atoms. The van der Waals surface area contributed by atoms with Crippen LogP contribution in [0.2, 0.25) is 0 Å². The van der Waals surface area contributed by atoms with Crippen LogP contribution in [-0.4, -0.2) is 4.98 Å². The normalized spacial score (nSPS) is 12.1. The van der Waals surface area contributed by atoms with Gasteiger partial charge in [0.25, 0.3) is 0 Å². The zero-order chi connectivity index (χ0) is 12.1. The van der Waals surface area contributed by atoms with Gasteiger partial charge in [-0.1, -0.05) is 24.3 Å². The van der Waals surface area contributed by atoms with Crippen LogP contribution in [0, 0.1) is 0 Å². The van der Waals surface area contributed by atoms with E-state index < -0.39 is 0 Å². The van der Waals surface area contributed by atoms with Gasteiger partial charge >= 0.3 is 0 Å². The Bertz CT molecular complexity index is 469. The van der Waals surface area contributed by atoms with Crippen molar-refractivity contribution in [3.63, 3.8) is 0 Å². The maximum Gasteiger partial charge on any atom is 0.0577 e. The second kappa shape index (κ2) is 5.69. The number of rotatable bonds is 4. The summed E-state index contributed by atoms with van der Waals surface area (Å²) in [5, 5.41) is 3.39. The Morgan fingerprint density at radius 1 is 1.24 bits per heavy atom. The summed E-state index contributed by atoms with van der Waals surface area (Å²) in [4.78, 5) is 4.09. The number of pyridine rings is 1. The topological polar surface area (TPSA) is 24.9 Å². The summed E-state index contributed by atoms with van der Waals surface area (Å²) in [6.45, 7) is 2.74. The number of para-hydroxylation sites is 1. The lowest BCUT2D eigenvalue weighted by atomic mass is 10.1. The molecule has 0 bridgehead atoms. The molecule has 2 aromatic rings. The van der Waals surface area contributed by atoms with Gasteiger partial charge in [-0.2, -0.15) is 0 Å².